The van der Waals surface area contributed by atoms with Gasteiger partial charge in [0, 0.05) is 17.7 Å². The van der Waals surface area contributed by atoms with Crippen LogP contribution in [0.25, 0.3) is 0 Å². The summed E-state index contributed by atoms with van der Waals surface area (Å²) in [5.74, 6) is 1.59. The summed E-state index contributed by atoms with van der Waals surface area (Å²) in [4.78, 5) is 12.4. The highest BCUT2D eigenvalue weighted by Gasteiger charge is 2.23. The molecule has 0 aliphatic carbocycles. The van der Waals surface area contributed by atoms with Crippen LogP contribution in [0.15, 0.2) is 18.2 Å². The molecule has 2 unspecified atom stereocenters. The summed E-state index contributed by atoms with van der Waals surface area (Å²) >= 11 is 0. The van der Waals surface area contributed by atoms with Crippen molar-refractivity contribution >= 4 is 5.91 Å². The Morgan fingerprint density at radius 1 is 1.25 bits per heavy atom. The van der Waals surface area contributed by atoms with Gasteiger partial charge in [0.15, 0.2) is 0 Å². The van der Waals surface area contributed by atoms with E-state index >= 15 is 0 Å². The summed E-state index contributed by atoms with van der Waals surface area (Å²) in [6, 6.07) is 5.41. The van der Waals surface area contributed by atoms with Gasteiger partial charge in [0.05, 0.1) is 14.2 Å². The molecule has 5 nitrogen and oxygen atoms in total. The van der Waals surface area contributed by atoms with Gasteiger partial charge in [-0.25, -0.2) is 0 Å². The van der Waals surface area contributed by atoms with Gasteiger partial charge in [-0.15, -0.1) is 0 Å². The zero-order valence-electron chi connectivity index (χ0n) is 12.2. The van der Waals surface area contributed by atoms with Gasteiger partial charge >= 0.3 is 0 Å². The van der Waals surface area contributed by atoms with Crippen molar-refractivity contribution in [3.05, 3.63) is 23.8 Å². The van der Waals surface area contributed by atoms with Crippen LogP contribution in [0.3, 0.4) is 0 Å². The van der Waals surface area contributed by atoms with E-state index in [4.69, 9.17) is 9.47 Å². The Morgan fingerprint density at radius 2 is 1.90 bits per heavy atom. The van der Waals surface area contributed by atoms with Crippen LogP contribution in [-0.2, 0) is 0 Å². The minimum Gasteiger partial charge on any atom is -0.497 e. The van der Waals surface area contributed by atoms with Gasteiger partial charge in [0.1, 0.15) is 11.5 Å². The SMILES string of the molecule is COc1cc(OC)cc(C(=O)NC2CCNCC2C)c1. The lowest BCUT2D eigenvalue weighted by Crippen LogP contribution is -2.48. The summed E-state index contributed by atoms with van der Waals surface area (Å²) in [5.41, 5.74) is 0.562. The molecule has 0 aromatic heterocycles. The van der Waals surface area contributed by atoms with Crippen LogP contribution in [0.4, 0.5) is 0 Å². The third-order valence-corrected chi connectivity index (χ3v) is 3.72. The minimum atomic E-state index is -0.0825. The van der Waals surface area contributed by atoms with Crippen LogP contribution in [0, 0.1) is 5.92 Å². The number of hydrogen-bond donors (Lipinski definition) is 2. The molecule has 0 saturated carbocycles. The minimum absolute atomic E-state index is 0.0825. The number of carbonyl (C=O) groups excluding carboxylic acids is 1. The predicted molar refractivity (Wildman–Crippen MR) is 77.5 cm³/mol. The third kappa shape index (κ3) is 3.42. The molecule has 2 rings (SSSR count). The van der Waals surface area contributed by atoms with Crippen LogP contribution < -0.4 is 20.1 Å². The molecule has 1 fully saturated rings. The molecular weight excluding hydrogens is 256 g/mol. The van der Waals surface area contributed by atoms with E-state index in [0.29, 0.717) is 23.0 Å². The van der Waals surface area contributed by atoms with Gasteiger partial charge in [-0.1, -0.05) is 6.92 Å². The summed E-state index contributed by atoms with van der Waals surface area (Å²) in [6.07, 6.45) is 0.952. The Bertz CT molecular complexity index is 454. The number of carbonyl (C=O) groups is 1. The monoisotopic (exact) mass is 278 g/mol. The second kappa shape index (κ2) is 6.61. The Labute approximate surface area is 119 Å². The first-order chi connectivity index (χ1) is 9.63. The number of hydrogen-bond acceptors (Lipinski definition) is 4. The number of methoxy groups -OCH3 is 2. The number of ether oxygens (including phenoxy) is 2. The first kappa shape index (κ1) is 14.7. The molecule has 1 aliphatic heterocycles. The van der Waals surface area contributed by atoms with Crippen LogP contribution in [0.1, 0.15) is 23.7 Å². The molecule has 5 heteroatoms. The quantitative estimate of drug-likeness (QED) is 0.875. The van der Waals surface area contributed by atoms with Crippen molar-refractivity contribution < 1.29 is 14.3 Å². The van der Waals surface area contributed by atoms with Crippen molar-refractivity contribution in [3.8, 4) is 11.5 Å². The Hall–Kier alpha value is -1.75. The largest absolute Gasteiger partial charge is 0.497 e. The number of piperidine rings is 1. The van der Waals surface area contributed by atoms with Crippen molar-refractivity contribution in [2.24, 2.45) is 5.92 Å². The molecule has 1 aromatic rings. The van der Waals surface area contributed by atoms with Gasteiger partial charge < -0.3 is 20.1 Å². The Morgan fingerprint density at radius 3 is 2.45 bits per heavy atom. The van der Waals surface area contributed by atoms with Gasteiger partial charge in [-0.2, -0.15) is 0 Å². The number of rotatable bonds is 4. The van der Waals surface area contributed by atoms with Crippen LogP contribution in [-0.4, -0.2) is 39.3 Å². The van der Waals surface area contributed by atoms with E-state index in [1.807, 2.05) is 0 Å². The second-order valence-electron chi connectivity index (χ2n) is 5.15. The van der Waals surface area contributed by atoms with Crippen LogP contribution in [0.5, 0.6) is 11.5 Å². The van der Waals surface area contributed by atoms with Crippen molar-refractivity contribution in [1.29, 1.82) is 0 Å². The highest BCUT2D eigenvalue weighted by Crippen LogP contribution is 2.23. The molecule has 2 atom stereocenters. The standard InChI is InChI=1S/C15H22N2O3/c1-10-9-16-5-4-14(10)17-15(18)11-6-12(19-2)8-13(7-11)20-3/h6-8,10,14,16H,4-5,9H2,1-3H3,(H,17,18). The van der Waals surface area contributed by atoms with E-state index in [1.54, 1.807) is 32.4 Å². The van der Waals surface area contributed by atoms with Gasteiger partial charge in [0.2, 0.25) is 0 Å². The first-order valence-corrected chi connectivity index (χ1v) is 6.88. The zero-order valence-corrected chi connectivity index (χ0v) is 12.2. The molecule has 2 N–H and O–H groups in total. The molecule has 1 heterocycles. The Balaban J connectivity index is 2.11. The maximum Gasteiger partial charge on any atom is 0.251 e. The van der Waals surface area contributed by atoms with Crippen molar-refractivity contribution in [3.63, 3.8) is 0 Å². The Kier molecular flexibility index (Phi) is 4.84. The molecule has 0 spiro atoms. The third-order valence-electron chi connectivity index (χ3n) is 3.72. The van der Waals surface area contributed by atoms with E-state index < -0.39 is 0 Å². The maximum atomic E-state index is 12.4. The fourth-order valence-electron chi connectivity index (χ4n) is 2.42. The summed E-state index contributed by atoms with van der Waals surface area (Å²) in [5, 5.41) is 6.42. The lowest BCUT2D eigenvalue weighted by molar-refractivity contribution is 0.0913. The molecule has 1 amide bonds. The van der Waals surface area contributed by atoms with Crippen LogP contribution in [0.2, 0.25) is 0 Å². The second-order valence-corrected chi connectivity index (χ2v) is 5.15. The lowest BCUT2D eigenvalue weighted by atomic mass is 9.95. The van der Waals surface area contributed by atoms with E-state index in [9.17, 15) is 4.79 Å². The molecule has 20 heavy (non-hydrogen) atoms. The van der Waals surface area contributed by atoms with Crippen molar-refractivity contribution in [2.45, 2.75) is 19.4 Å². The van der Waals surface area contributed by atoms with E-state index in [1.165, 1.54) is 0 Å². The van der Waals surface area contributed by atoms with Gasteiger partial charge in [-0.3, -0.25) is 4.79 Å². The average molecular weight is 278 g/mol. The summed E-state index contributed by atoms with van der Waals surface area (Å²) < 4.78 is 10.4. The molecule has 1 saturated heterocycles. The molecule has 0 bridgehead atoms. The van der Waals surface area contributed by atoms with E-state index in [-0.39, 0.29) is 11.9 Å². The normalized spacial score (nSPS) is 22.1. The first-order valence-electron chi connectivity index (χ1n) is 6.88. The molecule has 1 aromatic carbocycles. The highest BCUT2D eigenvalue weighted by molar-refractivity contribution is 5.95. The molecule has 0 radical (unpaired) electrons. The van der Waals surface area contributed by atoms with Crippen molar-refractivity contribution in [2.75, 3.05) is 27.3 Å². The average Bonchev–Trinajstić information content (AvgIpc) is 2.48. The van der Waals surface area contributed by atoms with Crippen LogP contribution >= 0.6 is 0 Å². The molecular formula is C15H22N2O3. The number of nitrogens with one attached hydrogen (secondary N) is 2. The fraction of sp³-hybridized carbons (Fsp3) is 0.533. The number of amides is 1. The molecule has 110 valence electrons. The van der Waals surface area contributed by atoms with Gasteiger partial charge in [-0.05, 0) is 37.6 Å². The highest BCUT2D eigenvalue weighted by atomic mass is 16.5. The van der Waals surface area contributed by atoms with Crippen molar-refractivity contribution in [1.82, 2.24) is 10.6 Å². The summed E-state index contributed by atoms with van der Waals surface area (Å²) in [6.45, 7) is 4.02. The maximum absolute atomic E-state index is 12.4. The predicted octanol–water partition coefficient (Wildman–Crippen LogP) is 1.43. The smallest absolute Gasteiger partial charge is 0.251 e. The van der Waals surface area contributed by atoms with Gasteiger partial charge in [0.25, 0.3) is 5.91 Å². The topological polar surface area (TPSA) is 59.6 Å². The molecule has 1 aliphatic rings. The van der Waals surface area contributed by atoms with E-state index in [2.05, 4.69) is 17.6 Å². The fourth-order valence-corrected chi connectivity index (χ4v) is 2.42. The summed E-state index contributed by atoms with van der Waals surface area (Å²) in [7, 11) is 3.15. The van der Waals surface area contributed by atoms with E-state index in [0.717, 1.165) is 19.5 Å². The zero-order chi connectivity index (χ0) is 14.5. The lowest BCUT2D eigenvalue weighted by Gasteiger charge is -2.30. The number of benzene rings is 1.